The van der Waals surface area contributed by atoms with Gasteiger partial charge in [0.05, 0.1) is 5.75 Å². The summed E-state index contributed by atoms with van der Waals surface area (Å²) in [5.74, 6) is -0.403. The molecule has 0 saturated carbocycles. The van der Waals surface area contributed by atoms with Crippen molar-refractivity contribution in [2.45, 2.75) is 32.0 Å². The first kappa shape index (κ1) is 16.2. The molecule has 0 fully saturated rings. The molecule has 0 aliphatic carbocycles. The Morgan fingerprint density at radius 1 is 1.40 bits per heavy atom. The molecular weight excluding hydrogens is 280 g/mol. The molecule has 8 heteroatoms. The Labute approximate surface area is 121 Å². The lowest BCUT2D eigenvalue weighted by Crippen LogP contribution is -2.40. The molecule has 0 saturated heterocycles. The van der Waals surface area contributed by atoms with Crippen molar-refractivity contribution in [3.8, 4) is 0 Å². The first-order valence-electron chi connectivity index (χ1n) is 6.34. The molecule has 0 aromatic carbocycles. The number of imide groups is 1. The molecule has 1 aromatic rings. The van der Waals surface area contributed by atoms with Crippen LogP contribution in [-0.2, 0) is 11.3 Å². The van der Waals surface area contributed by atoms with E-state index in [4.69, 9.17) is 0 Å². The minimum absolute atomic E-state index is 0.0238. The van der Waals surface area contributed by atoms with Gasteiger partial charge in [-0.1, -0.05) is 18.7 Å². The van der Waals surface area contributed by atoms with E-state index in [0.717, 1.165) is 18.2 Å². The van der Waals surface area contributed by atoms with Crippen molar-refractivity contribution in [3.63, 3.8) is 0 Å². The van der Waals surface area contributed by atoms with Crippen molar-refractivity contribution in [1.82, 2.24) is 20.2 Å². The number of carbonyl (C=O) groups excluding carboxylic acids is 2. The zero-order chi connectivity index (χ0) is 15.0. The molecule has 0 spiro atoms. The third-order valence-corrected chi connectivity index (χ3v) is 3.30. The zero-order valence-electron chi connectivity index (χ0n) is 11.5. The number of carbonyl (C=O) groups is 2. The summed E-state index contributed by atoms with van der Waals surface area (Å²) in [6.45, 7) is 4.99. The number of hydrogen-bond donors (Lipinski definition) is 2. The lowest BCUT2D eigenvalue weighted by atomic mass is 10.5. The lowest BCUT2D eigenvalue weighted by molar-refractivity contribution is -0.117. The zero-order valence-corrected chi connectivity index (χ0v) is 12.3. The molecule has 110 valence electrons. The molecule has 1 heterocycles. The number of hydrogen-bond acceptors (Lipinski definition) is 5. The first-order valence-corrected chi connectivity index (χ1v) is 7.33. The molecular formula is C12H18N4O3S. The van der Waals surface area contributed by atoms with Gasteiger partial charge in [0, 0.05) is 25.4 Å². The molecule has 0 radical (unpaired) electrons. The Balaban J connectivity index is 2.50. The fourth-order valence-electron chi connectivity index (χ4n) is 1.34. The molecule has 20 heavy (non-hydrogen) atoms. The minimum Gasteiger partial charge on any atom is -0.338 e. The highest BCUT2D eigenvalue weighted by Gasteiger charge is 2.10. The first-order chi connectivity index (χ1) is 9.56. The molecule has 2 N–H and O–H groups in total. The maximum Gasteiger partial charge on any atom is 0.321 e. The Morgan fingerprint density at radius 3 is 2.80 bits per heavy atom. The van der Waals surface area contributed by atoms with Gasteiger partial charge in [0.2, 0.25) is 5.91 Å². The van der Waals surface area contributed by atoms with E-state index in [1.807, 2.05) is 13.8 Å². The van der Waals surface area contributed by atoms with Gasteiger partial charge in [-0.15, -0.1) is 0 Å². The van der Waals surface area contributed by atoms with Gasteiger partial charge < -0.3 is 9.88 Å². The predicted molar refractivity (Wildman–Crippen MR) is 76.7 cm³/mol. The van der Waals surface area contributed by atoms with Gasteiger partial charge >= 0.3 is 6.03 Å². The topological polar surface area (TPSA) is 93.1 Å². The summed E-state index contributed by atoms with van der Waals surface area (Å²) in [6.07, 6.45) is 2.43. The maximum atomic E-state index is 11.6. The van der Waals surface area contributed by atoms with Crippen molar-refractivity contribution in [3.05, 3.63) is 22.6 Å². The van der Waals surface area contributed by atoms with E-state index in [-0.39, 0.29) is 11.3 Å². The van der Waals surface area contributed by atoms with Gasteiger partial charge in [0.25, 0.3) is 5.56 Å². The van der Waals surface area contributed by atoms with Crippen LogP contribution in [-0.4, -0.2) is 33.8 Å². The fraction of sp³-hybridized carbons (Fsp3) is 0.500. The van der Waals surface area contributed by atoms with E-state index in [2.05, 4.69) is 15.6 Å². The number of nitrogens with zero attached hydrogens (tertiary/aromatic N) is 2. The van der Waals surface area contributed by atoms with Crippen molar-refractivity contribution in [2.24, 2.45) is 0 Å². The summed E-state index contributed by atoms with van der Waals surface area (Å²) in [5, 5.41) is 5.22. The van der Waals surface area contributed by atoms with Crippen molar-refractivity contribution >= 4 is 23.7 Å². The second-order valence-electron chi connectivity index (χ2n) is 3.93. The second-order valence-corrected chi connectivity index (χ2v) is 4.87. The van der Waals surface area contributed by atoms with Gasteiger partial charge in [-0.25, -0.2) is 4.79 Å². The van der Waals surface area contributed by atoms with Crippen LogP contribution in [0.1, 0.15) is 20.3 Å². The van der Waals surface area contributed by atoms with Crippen LogP contribution in [0.25, 0.3) is 0 Å². The van der Waals surface area contributed by atoms with Gasteiger partial charge in [0.1, 0.15) is 0 Å². The van der Waals surface area contributed by atoms with E-state index >= 15 is 0 Å². The van der Waals surface area contributed by atoms with E-state index in [0.29, 0.717) is 18.2 Å². The van der Waals surface area contributed by atoms with Gasteiger partial charge in [0.15, 0.2) is 5.16 Å². The van der Waals surface area contributed by atoms with Crippen LogP contribution in [0.15, 0.2) is 22.2 Å². The number of aryl methyl sites for hydroxylation is 1. The molecule has 7 nitrogen and oxygen atoms in total. The number of urea groups is 1. The predicted octanol–water partition coefficient (Wildman–Crippen LogP) is 0.591. The van der Waals surface area contributed by atoms with E-state index in [1.165, 1.54) is 6.07 Å². The number of thioether (sulfide) groups is 1. The average molecular weight is 298 g/mol. The molecule has 0 bridgehead atoms. The average Bonchev–Trinajstić information content (AvgIpc) is 2.43. The Kier molecular flexibility index (Phi) is 6.78. The molecule has 1 aromatic heterocycles. The summed E-state index contributed by atoms with van der Waals surface area (Å²) >= 11 is 1.12. The normalized spacial score (nSPS) is 10.1. The SMILES string of the molecule is CCCNC(=O)NC(=O)CSc1nc(=O)ccn1CC. The second kappa shape index (κ2) is 8.36. The van der Waals surface area contributed by atoms with Crippen LogP contribution in [0.3, 0.4) is 0 Å². The molecule has 0 aliphatic rings. The summed E-state index contributed by atoms with van der Waals surface area (Å²) in [4.78, 5) is 37.9. The molecule has 1 rings (SSSR count). The highest BCUT2D eigenvalue weighted by molar-refractivity contribution is 7.99. The van der Waals surface area contributed by atoms with E-state index in [1.54, 1.807) is 10.8 Å². The van der Waals surface area contributed by atoms with Gasteiger partial charge in [-0.3, -0.25) is 14.9 Å². The standard InChI is InChI=1S/C12H18N4O3S/c1-3-6-13-11(19)14-10(18)8-20-12-15-9(17)5-7-16(12)4-2/h5,7H,3-4,6,8H2,1-2H3,(H2,13,14,18,19). The van der Waals surface area contributed by atoms with Gasteiger partial charge in [-0.05, 0) is 13.3 Å². The van der Waals surface area contributed by atoms with E-state index < -0.39 is 11.9 Å². The lowest BCUT2D eigenvalue weighted by Gasteiger charge is -2.09. The molecule has 0 unspecified atom stereocenters. The third kappa shape index (κ3) is 5.43. The number of aromatic nitrogens is 2. The monoisotopic (exact) mass is 298 g/mol. The van der Waals surface area contributed by atoms with Crippen molar-refractivity contribution < 1.29 is 9.59 Å². The summed E-state index contributed by atoms with van der Waals surface area (Å²) in [7, 11) is 0. The highest BCUT2D eigenvalue weighted by Crippen LogP contribution is 2.12. The Morgan fingerprint density at radius 2 is 2.15 bits per heavy atom. The highest BCUT2D eigenvalue weighted by atomic mass is 32.2. The van der Waals surface area contributed by atoms with Crippen LogP contribution in [0, 0.1) is 0 Å². The fourth-order valence-corrected chi connectivity index (χ4v) is 2.19. The molecule has 3 amide bonds. The van der Waals surface area contributed by atoms with Crippen molar-refractivity contribution in [1.29, 1.82) is 0 Å². The van der Waals surface area contributed by atoms with Crippen LogP contribution < -0.4 is 16.2 Å². The Bertz CT molecular complexity index is 530. The molecule has 0 atom stereocenters. The number of nitrogens with one attached hydrogen (secondary N) is 2. The van der Waals surface area contributed by atoms with Crippen molar-refractivity contribution in [2.75, 3.05) is 12.3 Å². The third-order valence-electron chi connectivity index (χ3n) is 2.31. The summed E-state index contributed by atoms with van der Waals surface area (Å²) in [5.41, 5.74) is -0.349. The number of amides is 3. The van der Waals surface area contributed by atoms with E-state index in [9.17, 15) is 14.4 Å². The van der Waals surface area contributed by atoms with Crippen LogP contribution in [0.4, 0.5) is 4.79 Å². The minimum atomic E-state index is -0.508. The summed E-state index contributed by atoms with van der Waals surface area (Å²) in [6, 6.07) is 0.859. The number of rotatable bonds is 6. The summed E-state index contributed by atoms with van der Waals surface area (Å²) < 4.78 is 1.76. The Hall–Kier alpha value is -1.83. The molecule has 0 aliphatic heterocycles. The quantitative estimate of drug-likeness (QED) is 0.592. The maximum absolute atomic E-state index is 11.6. The smallest absolute Gasteiger partial charge is 0.321 e. The van der Waals surface area contributed by atoms with Crippen LogP contribution in [0.5, 0.6) is 0 Å². The van der Waals surface area contributed by atoms with Crippen LogP contribution >= 0.6 is 11.8 Å². The van der Waals surface area contributed by atoms with Gasteiger partial charge in [-0.2, -0.15) is 4.98 Å². The van der Waals surface area contributed by atoms with Crippen LogP contribution in [0.2, 0.25) is 0 Å². The largest absolute Gasteiger partial charge is 0.338 e.